The third kappa shape index (κ3) is 3.46. The van der Waals surface area contributed by atoms with Gasteiger partial charge in [0.25, 0.3) is 5.91 Å². The number of hydrogen-bond donors (Lipinski definition) is 1. The molecule has 1 aromatic heterocycles. The van der Waals surface area contributed by atoms with Crippen LogP contribution in [0.2, 0.25) is 5.02 Å². The molecule has 0 saturated heterocycles. The van der Waals surface area contributed by atoms with Crippen LogP contribution in [-0.2, 0) is 6.54 Å². The number of amides is 1. The van der Waals surface area contributed by atoms with Gasteiger partial charge in [0.15, 0.2) is 0 Å². The number of nitrogens with zero attached hydrogens (tertiary/aromatic N) is 2. The van der Waals surface area contributed by atoms with Crippen molar-refractivity contribution in [1.82, 2.24) is 15.5 Å². The molecule has 5 nitrogen and oxygen atoms in total. The second-order valence-electron chi connectivity index (χ2n) is 5.46. The number of nitrogens with one attached hydrogen (secondary N) is 1. The number of hydrogen-bond acceptors (Lipinski definition) is 4. The normalized spacial score (nSPS) is 10.6. The lowest BCUT2D eigenvalue weighted by Gasteiger charge is -2.05. The van der Waals surface area contributed by atoms with Gasteiger partial charge in [0.1, 0.15) is 0 Å². The first-order chi connectivity index (χ1) is 11.5. The molecule has 0 aliphatic rings. The highest BCUT2D eigenvalue weighted by Crippen LogP contribution is 2.26. The van der Waals surface area contributed by atoms with E-state index in [2.05, 4.69) is 15.5 Å². The molecule has 1 amide bonds. The zero-order chi connectivity index (χ0) is 17.1. The van der Waals surface area contributed by atoms with Crippen molar-refractivity contribution in [3.05, 3.63) is 70.1 Å². The van der Waals surface area contributed by atoms with Gasteiger partial charge in [0, 0.05) is 5.56 Å². The molecule has 0 unspecified atom stereocenters. The van der Waals surface area contributed by atoms with E-state index in [4.69, 9.17) is 16.0 Å². The van der Waals surface area contributed by atoms with E-state index < -0.39 is 0 Å². The summed E-state index contributed by atoms with van der Waals surface area (Å²) in [7, 11) is 0. The predicted molar refractivity (Wildman–Crippen MR) is 91.8 cm³/mol. The molecule has 1 heterocycles. The van der Waals surface area contributed by atoms with Gasteiger partial charge < -0.3 is 9.73 Å². The average molecular weight is 342 g/mol. The lowest BCUT2D eigenvalue weighted by Crippen LogP contribution is -2.23. The van der Waals surface area contributed by atoms with Gasteiger partial charge in [-0.1, -0.05) is 29.8 Å². The Morgan fingerprint density at radius 1 is 1.12 bits per heavy atom. The van der Waals surface area contributed by atoms with E-state index >= 15 is 0 Å². The summed E-state index contributed by atoms with van der Waals surface area (Å²) in [6, 6.07) is 12.8. The van der Waals surface area contributed by atoms with Crippen LogP contribution in [0.1, 0.15) is 27.4 Å². The van der Waals surface area contributed by atoms with Gasteiger partial charge in [0.2, 0.25) is 11.8 Å². The maximum absolute atomic E-state index is 12.2. The third-order valence-corrected chi connectivity index (χ3v) is 4.07. The highest BCUT2D eigenvalue weighted by molar-refractivity contribution is 6.33. The molecule has 122 valence electrons. The van der Waals surface area contributed by atoms with Gasteiger partial charge >= 0.3 is 0 Å². The minimum absolute atomic E-state index is 0.156. The van der Waals surface area contributed by atoms with Crippen molar-refractivity contribution in [1.29, 1.82) is 0 Å². The Labute approximate surface area is 144 Å². The summed E-state index contributed by atoms with van der Waals surface area (Å²) < 4.78 is 5.56. The number of aryl methyl sites for hydroxylation is 2. The van der Waals surface area contributed by atoms with Crippen LogP contribution < -0.4 is 5.32 Å². The van der Waals surface area contributed by atoms with E-state index in [1.54, 1.807) is 18.2 Å². The minimum atomic E-state index is -0.185. The van der Waals surface area contributed by atoms with E-state index in [-0.39, 0.29) is 12.5 Å². The summed E-state index contributed by atoms with van der Waals surface area (Å²) >= 11 is 6.11. The van der Waals surface area contributed by atoms with Crippen molar-refractivity contribution < 1.29 is 9.21 Å². The molecule has 3 rings (SSSR count). The van der Waals surface area contributed by atoms with E-state index in [1.165, 1.54) is 0 Å². The first-order valence-corrected chi connectivity index (χ1v) is 7.85. The summed E-state index contributed by atoms with van der Waals surface area (Å²) in [5, 5.41) is 11.2. The Morgan fingerprint density at radius 3 is 2.67 bits per heavy atom. The highest BCUT2D eigenvalue weighted by Gasteiger charge is 2.13. The Kier molecular flexibility index (Phi) is 4.62. The van der Waals surface area contributed by atoms with Crippen LogP contribution in [0.3, 0.4) is 0 Å². The Bertz CT molecular complexity index is 889. The maximum Gasteiger partial charge on any atom is 0.251 e. The summed E-state index contributed by atoms with van der Waals surface area (Å²) in [4.78, 5) is 12.2. The monoisotopic (exact) mass is 341 g/mol. The molecule has 1 N–H and O–H groups in total. The second-order valence-corrected chi connectivity index (χ2v) is 5.87. The van der Waals surface area contributed by atoms with Crippen molar-refractivity contribution in [2.75, 3.05) is 0 Å². The van der Waals surface area contributed by atoms with Gasteiger partial charge in [0.05, 0.1) is 17.1 Å². The molecule has 24 heavy (non-hydrogen) atoms. The topological polar surface area (TPSA) is 68.0 Å². The number of benzene rings is 2. The summed E-state index contributed by atoms with van der Waals surface area (Å²) in [5.41, 5.74) is 3.48. The van der Waals surface area contributed by atoms with Gasteiger partial charge in [-0.25, -0.2) is 0 Å². The summed E-state index contributed by atoms with van der Waals surface area (Å²) in [6.07, 6.45) is 0. The van der Waals surface area contributed by atoms with Crippen LogP contribution in [0.25, 0.3) is 11.5 Å². The molecular formula is C18H16ClN3O2. The fourth-order valence-electron chi connectivity index (χ4n) is 2.21. The molecule has 0 aliphatic carbocycles. The molecule has 2 aromatic carbocycles. The molecule has 6 heteroatoms. The average Bonchev–Trinajstić information content (AvgIpc) is 3.04. The van der Waals surface area contributed by atoms with Crippen LogP contribution in [0, 0.1) is 13.8 Å². The third-order valence-electron chi connectivity index (χ3n) is 3.74. The number of carbonyl (C=O) groups is 1. The van der Waals surface area contributed by atoms with Crippen LogP contribution in [0.4, 0.5) is 0 Å². The smallest absolute Gasteiger partial charge is 0.251 e. The standard InChI is InChI=1S/C18H16ClN3O2/c1-11-7-8-13(9-12(11)2)17(23)20-10-16-21-22-18(24-16)14-5-3-4-6-15(14)19/h3-9H,10H2,1-2H3,(H,20,23). The van der Waals surface area contributed by atoms with E-state index in [1.807, 2.05) is 38.1 Å². The molecule has 0 atom stereocenters. The molecule has 0 aliphatic heterocycles. The SMILES string of the molecule is Cc1ccc(C(=O)NCc2nnc(-c3ccccc3Cl)o2)cc1C. The Hall–Kier alpha value is -2.66. The van der Waals surface area contributed by atoms with Crippen LogP contribution >= 0.6 is 11.6 Å². The zero-order valence-electron chi connectivity index (χ0n) is 13.3. The zero-order valence-corrected chi connectivity index (χ0v) is 14.1. The lowest BCUT2D eigenvalue weighted by atomic mass is 10.1. The summed E-state index contributed by atoms with van der Waals surface area (Å²) in [6.45, 7) is 4.13. The number of aromatic nitrogens is 2. The van der Waals surface area contributed by atoms with Gasteiger partial charge in [-0.3, -0.25) is 4.79 Å². The molecule has 0 fully saturated rings. The molecule has 0 radical (unpaired) electrons. The fraction of sp³-hybridized carbons (Fsp3) is 0.167. The number of rotatable bonds is 4. The van der Waals surface area contributed by atoms with Crippen molar-refractivity contribution in [2.24, 2.45) is 0 Å². The molecular weight excluding hydrogens is 326 g/mol. The van der Waals surface area contributed by atoms with Crippen molar-refractivity contribution >= 4 is 17.5 Å². The molecule has 0 saturated carbocycles. The largest absolute Gasteiger partial charge is 0.419 e. The van der Waals surface area contributed by atoms with Gasteiger partial charge in [-0.2, -0.15) is 0 Å². The first kappa shape index (κ1) is 16.2. The summed E-state index contributed by atoms with van der Waals surface area (Å²) in [5.74, 6) is 0.466. The van der Waals surface area contributed by atoms with E-state index in [0.717, 1.165) is 11.1 Å². The van der Waals surface area contributed by atoms with Crippen molar-refractivity contribution in [3.63, 3.8) is 0 Å². The fourth-order valence-corrected chi connectivity index (χ4v) is 2.43. The predicted octanol–water partition coefficient (Wildman–Crippen LogP) is 3.94. The molecule has 0 spiro atoms. The van der Waals surface area contributed by atoms with E-state index in [9.17, 15) is 4.79 Å². The minimum Gasteiger partial charge on any atom is -0.419 e. The van der Waals surface area contributed by atoms with Crippen LogP contribution in [0.5, 0.6) is 0 Å². The first-order valence-electron chi connectivity index (χ1n) is 7.47. The van der Waals surface area contributed by atoms with Crippen LogP contribution in [-0.4, -0.2) is 16.1 Å². The van der Waals surface area contributed by atoms with Crippen LogP contribution in [0.15, 0.2) is 46.9 Å². The number of carbonyl (C=O) groups excluding carboxylic acids is 1. The highest BCUT2D eigenvalue weighted by atomic mass is 35.5. The Balaban J connectivity index is 1.68. The van der Waals surface area contributed by atoms with Crippen molar-refractivity contribution in [3.8, 4) is 11.5 Å². The quantitative estimate of drug-likeness (QED) is 0.780. The number of halogens is 1. The van der Waals surface area contributed by atoms with E-state index in [0.29, 0.717) is 27.9 Å². The molecule has 0 bridgehead atoms. The maximum atomic E-state index is 12.2. The second kappa shape index (κ2) is 6.84. The van der Waals surface area contributed by atoms with Crippen molar-refractivity contribution in [2.45, 2.75) is 20.4 Å². The Morgan fingerprint density at radius 2 is 1.92 bits per heavy atom. The van der Waals surface area contributed by atoms with Gasteiger partial charge in [-0.05, 0) is 49.2 Å². The molecule has 3 aromatic rings. The lowest BCUT2D eigenvalue weighted by molar-refractivity contribution is 0.0947. The van der Waals surface area contributed by atoms with Gasteiger partial charge in [-0.15, -0.1) is 10.2 Å².